The predicted molar refractivity (Wildman–Crippen MR) is 65.0 cm³/mol. The van der Waals surface area contributed by atoms with Gasteiger partial charge in [0.25, 0.3) is 0 Å². The Morgan fingerprint density at radius 1 is 1.32 bits per heavy atom. The molecular weight excluding hydrogens is 259 g/mol. The van der Waals surface area contributed by atoms with Crippen LogP contribution in [0, 0.1) is 0 Å². The Labute approximate surface area is 109 Å². The lowest BCUT2D eigenvalue weighted by Crippen LogP contribution is -2.31. The summed E-state index contributed by atoms with van der Waals surface area (Å²) in [6.45, 7) is -0.157. The van der Waals surface area contributed by atoms with Crippen LogP contribution in [0.25, 0.3) is 0 Å². The van der Waals surface area contributed by atoms with Crippen LogP contribution in [0.4, 0.5) is 13.2 Å². The molecule has 0 aliphatic rings. The molecule has 0 heterocycles. The molecule has 6 heteroatoms. The summed E-state index contributed by atoms with van der Waals surface area (Å²) in [6.07, 6.45) is -5.16. The number of alkyl halides is 3. The number of carbonyl (C=O) groups is 1. The van der Waals surface area contributed by atoms with Gasteiger partial charge in [-0.3, -0.25) is 4.79 Å². The van der Waals surface area contributed by atoms with E-state index in [0.717, 1.165) is 0 Å². The van der Waals surface area contributed by atoms with Gasteiger partial charge in [0, 0.05) is 13.1 Å². The molecule has 0 bridgehead atoms. The van der Waals surface area contributed by atoms with E-state index in [9.17, 15) is 18.0 Å². The van der Waals surface area contributed by atoms with Gasteiger partial charge in [0.2, 0.25) is 0 Å². The average Bonchev–Trinajstić information content (AvgIpc) is 2.33. The first-order valence-electron chi connectivity index (χ1n) is 5.82. The van der Waals surface area contributed by atoms with Crippen molar-refractivity contribution in [1.29, 1.82) is 0 Å². The van der Waals surface area contributed by atoms with Crippen molar-refractivity contribution in [1.82, 2.24) is 4.90 Å². The van der Waals surface area contributed by atoms with Gasteiger partial charge in [-0.1, -0.05) is 30.3 Å². The number of carboxylic acids is 1. The van der Waals surface area contributed by atoms with Crippen LogP contribution in [-0.2, 0) is 4.79 Å². The molecule has 0 aliphatic carbocycles. The fourth-order valence-corrected chi connectivity index (χ4v) is 1.73. The Morgan fingerprint density at radius 2 is 1.89 bits per heavy atom. The van der Waals surface area contributed by atoms with E-state index < -0.39 is 24.5 Å². The molecule has 19 heavy (non-hydrogen) atoms. The predicted octanol–water partition coefficient (Wildman–Crippen LogP) is 2.74. The number of aliphatic carboxylic acids is 1. The lowest BCUT2D eigenvalue weighted by atomic mass is 9.99. The van der Waals surface area contributed by atoms with Gasteiger partial charge in [-0.15, -0.1) is 0 Å². The van der Waals surface area contributed by atoms with Crippen molar-refractivity contribution < 1.29 is 23.1 Å². The molecule has 0 radical (unpaired) electrons. The van der Waals surface area contributed by atoms with Gasteiger partial charge in [-0.2, -0.15) is 13.2 Å². The van der Waals surface area contributed by atoms with Crippen molar-refractivity contribution in [3.63, 3.8) is 0 Å². The van der Waals surface area contributed by atoms with Crippen LogP contribution in [0.2, 0.25) is 0 Å². The molecule has 1 aromatic rings. The molecule has 1 aromatic carbocycles. The number of hydrogen-bond donors (Lipinski definition) is 1. The number of hydrogen-bond acceptors (Lipinski definition) is 2. The number of rotatable bonds is 6. The molecule has 0 aliphatic heterocycles. The van der Waals surface area contributed by atoms with Crippen LogP contribution in [0.3, 0.4) is 0 Å². The molecule has 0 aromatic heterocycles. The quantitative estimate of drug-likeness (QED) is 0.867. The average molecular weight is 275 g/mol. The summed E-state index contributed by atoms with van der Waals surface area (Å²) in [5.74, 6) is -1.86. The lowest BCUT2D eigenvalue weighted by molar-refractivity contribution is -0.140. The highest BCUT2D eigenvalue weighted by Crippen LogP contribution is 2.21. The van der Waals surface area contributed by atoms with E-state index in [-0.39, 0.29) is 13.1 Å². The van der Waals surface area contributed by atoms with Gasteiger partial charge in [0.1, 0.15) is 0 Å². The van der Waals surface area contributed by atoms with Crippen LogP contribution in [0.5, 0.6) is 0 Å². The Bertz CT molecular complexity index is 406. The molecular formula is C13H16F3NO2. The summed E-state index contributed by atoms with van der Waals surface area (Å²) in [6, 6.07) is 8.50. The SMILES string of the molecule is CN(CCC(F)(F)F)CC(C(=O)O)c1ccccc1. The Kier molecular flexibility index (Phi) is 5.35. The van der Waals surface area contributed by atoms with Gasteiger partial charge >= 0.3 is 12.1 Å². The molecule has 1 atom stereocenters. The zero-order valence-corrected chi connectivity index (χ0v) is 10.5. The molecule has 106 valence electrons. The largest absolute Gasteiger partial charge is 0.481 e. The van der Waals surface area contributed by atoms with Crippen LogP contribution >= 0.6 is 0 Å². The van der Waals surface area contributed by atoms with E-state index in [1.165, 1.54) is 11.9 Å². The maximum absolute atomic E-state index is 12.1. The van der Waals surface area contributed by atoms with Crippen molar-refractivity contribution in [2.75, 3.05) is 20.1 Å². The maximum atomic E-state index is 12.1. The number of likely N-dealkylation sites (N-methyl/N-ethyl adjacent to an activating group) is 1. The van der Waals surface area contributed by atoms with Gasteiger partial charge in [0.15, 0.2) is 0 Å². The van der Waals surface area contributed by atoms with Gasteiger partial charge in [-0.05, 0) is 12.6 Å². The van der Waals surface area contributed by atoms with Crippen molar-refractivity contribution in [2.45, 2.75) is 18.5 Å². The Hall–Kier alpha value is -1.56. The van der Waals surface area contributed by atoms with Crippen molar-refractivity contribution >= 4 is 5.97 Å². The van der Waals surface area contributed by atoms with Crippen LogP contribution < -0.4 is 0 Å². The van der Waals surface area contributed by atoms with Gasteiger partial charge < -0.3 is 10.0 Å². The molecule has 1 unspecified atom stereocenters. The van der Waals surface area contributed by atoms with Crippen molar-refractivity contribution in [2.24, 2.45) is 0 Å². The second kappa shape index (κ2) is 6.56. The van der Waals surface area contributed by atoms with Crippen LogP contribution in [0.15, 0.2) is 30.3 Å². The normalized spacial score (nSPS) is 13.5. The minimum atomic E-state index is -4.22. The smallest absolute Gasteiger partial charge is 0.390 e. The lowest BCUT2D eigenvalue weighted by Gasteiger charge is -2.22. The second-order valence-corrected chi connectivity index (χ2v) is 4.43. The minimum absolute atomic E-state index is 0.0510. The molecule has 0 amide bonds. The summed E-state index contributed by atoms with van der Waals surface area (Å²) in [4.78, 5) is 12.6. The summed E-state index contributed by atoms with van der Waals surface area (Å²) in [5.41, 5.74) is 0.592. The van der Waals surface area contributed by atoms with Crippen molar-refractivity contribution in [3.8, 4) is 0 Å². The first-order valence-corrected chi connectivity index (χ1v) is 5.82. The third-order valence-corrected chi connectivity index (χ3v) is 2.77. The number of benzene rings is 1. The van der Waals surface area contributed by atoms with E-state index in [1.807, 2.05) is 0 Å². The molecule has 0 saturated heterocycles. The molecule has 3 nitrogen and oxygen atoms in total. The summed E-state index contributed by atoms with van der Waals surface area (Å²) >= 11 is 0. The Balaban J connectivity index is 2.62. The minimum Gasteiger partial charge on any atom is -0.481 e. The highest BCUT2D eigenvalue weighted by atomic mass is 19.4. The first-order chi connectivity index (χ1) is 8.79. The van der Waals surface area contributed by atoms with Crippen LogP contribution in [0.1, 0.15) is 17.9 Å². The zero-order chi connectivity index (χ0) is 14.5. The van der Waals surface area contributed by atoms with E-state index in [0.29, 0.717) is 5.56 Å². The zero-order valence-electron chi connectivity index (χ0n) is 10.5. The fraction of sp³-hybridized carbons (Fsp3) is 0.462. The third kappa shape index (κ3) is 5.74. The highest BCUT2D eigenvalue weighted by Gasteiger charge is 2.28. The van der Waals surface area contributed by atoms with Gasteiger partial charge in [0.05, 0.1) is 12.3 Å². The maximum Gasteiger partial charge on any atom is 0.390 e. The molecule has 1 N–H and O–H groups in total. The number of carboxylic acid groups (broad SMARTS) is 1. The molecule has 0 spiro atoms. The topological polar surface area (TPSA) is 40.5 Å². The fourth-order valence-electron chi connectivity index (χ4n) is 1.73. The van der Waals surface area contributed by atoms with Crippen molar-refractivity contribution in [3.05, 3.63) is 35.9 Å². The van der Waals surface area contributed by atoms with E-state index in [1.54, 1.807) is 30.3 Å². The Morgan fingerprint density at radius 3 is 2.37 bits per heavy atom. The van der Waals surface area contributed by atoms with E-state index in [4.69, 9.17) is 5.11 Å². The molecule has 0 saturated carbocycles. The monoisotopic (exact) mass is 275 g/mol. The first kappa shape index (κ1) is 15.5. The number of halogens is 3. The number of nitrogens with zero attached hydrogens (tertiary/aromatic N) is 1. The second-order valence-electron chi connectivity index (χ2n) is 4.43. The summed E-state index contributed by atoms with van der Waals surface area (Å²) in [5, 5.41) is 9.15. The summed E-state index contributed by atoms with van der Waals surface area (Å²) < 4.78 is 36.3. The van der Waals surface area contributed by atoms with E-state index in [2.05, 4.69) is 0 Å². The summed E-state index contributed by atoms with van der Waals surface area (Å²) in [7, 11) is 1.49. The molecule has 1 rings (SSSR count). The standard InChI is InChI=1S/C13H16F3NO2/c1-17(8-7-13(14,15)16)9-11(12(18)19)10-5-3-2-4-6-10/h2-6,11H,7-9H2,1H3,(H,18,19). The third-order valence-electron chi connectivity index (χ3n) is 2.77. The molecule has 0 fully saturated rings. The van der Waals surface area contributed by atoms with E-state index >= 15 is 0 Å². The van der Waals surface area contributed by atoms with Crippen LogP contribution in [-0.4, -0.2) is 42.3 Å². The van der Waals surface area contributed by atoms with Gasteiger partial charge in [-0.25, -0.2) is 0 Å². The highest BCUT2D eigenvalue weighted by molar-refractivity contribution is 5.76.